The summed E-state index contributed by atoms with van der Waals surface area (Å²) in [5.41, 5.74) is 0. The van der Waals surface area contributed by atoms with Crippen molar-refractivity contribution in [3.05, 3.63) is 30.3 Å². The normalized spacial score (nSPS) is 22.7. The van der Waals surface area contributed by atoms with E-state index in [9.17, 15) is 10.2 Å². The van der Waals surface area contributed by atoms with Crippen molar-refractivity contribution in [3.8, 4) is 5.75 Å². The van der Waals surface area contributed by atoms with E-state index < -0.39 is 6.10 Å². The Morgan fingerprint density at radius 3 is 2.71 bits per heavy atom. The number of hydrogen-bond donors (Lipinski definition) is 2. The third-order valence-electron chi connectivity index (χ3n) is 4.16. The van der Waals surface area contributed by atoms with Crippen LogP contribution in [0.15, 0.2) is 30.3 Å². The summed E-state index contributed by atoms with van der Waals surface area (Å²) < 4.78 is 5.59. The zero-order chi connectivity index (χ0) is 15.1. The SMILES string of the molecule is CCC(O)C1CCCCN1CC(O)COc1ccccc1. The second-order valence-corrected chi connectivity index (χ2v) is 5.81. The van der Waals surface area contributed by atoms with Crippen LogP contribution in [0, 0.1) is 0 Å². The van der Waals surface area contributed by atoms with Gasteiger partial charge in [0, 0.05) is 12.6 Å². The zero-order valence-corrected chi connectivity index (χ0v) is 12.8. The lowest BCUT2D eigenvalue weighted by atomic mass is 9.95. The quantitative estimate of drug-likeness (QED) is 0.808. The van der Waals surface area contributed by atoms with E-state index >= 15 is 0 Å². The second-order valence-electron chi connectivity index (χ2n) is 5.81. The van der Waals surface area contributed by atoms with E-state index in [-0.39, 0.29) is 18.8 Å². The second kappa shape index (κ2) is 8.37. The largest absolute Gasteiger partial charge is 0.491 e. The molecular formula is C17H27NO3. The molecule has 1 saturated heterocycles. The molecule has 1 heterocycles. The number of β-amino-alcohol motifs (C(OH)–C–C–N with tert-alkyl or cyclic N) is 1. The van der Waals surface area contributed by atoms with Crippen LogP contribution >= 0.6 is 0 Å². The van der Waals surface area contributed by atoms with E-state index in [0.29, 0.717) is 6.54 Å². The van der Waals surface area contributed by atoms with Gasteiger partial charge in [0.1, 0.15) is 18.5 Å². The van der Waals surface area contributed by atoms with Crippen LogP contribution in [-0.2, 0) is 0 Å². The maximum atomic E-state index is 10.2. The summed E-state index contributed by atoms with van der Waals surface area (Å²) >= 11 is 0. The molecule has 4 heteroatoms. The van der Waals surface area contributed by atoms with Crippen LogP contribution in [-0.4, -0.2) is 53.1 Å². The molecule has 118 valence electrons. The van der Waals surface area contributed by atoms with Gasteiger partial charge in [-0.05, 0) is 37.9 Å². The molecule has 0 aliphatic carbocycles. The van der Waals surface area contributed by atoms with Crippen molar-refractivity contribution < 1.29 is 14.9 Å². The minimum atomic E-state index is -0.533. The van der Waals surface area contributed by atoms with Gasteiger partial charge in [0.2, 0.25) is 0 Å². The highest BCUT2D eigenvalue weighted by atomic mass is 16.5. The Morgan fingerprint density at radius 2 is 2.00 bits per heavy atom. The summed E-state index contributed by atoms with van der Waals surface area (Å²) in [6.07, 6.45) is 3.25. The lowest BCUT2D eigenvalue weighted by Crippen LogP contribution is -2.50. The molecule has 1 aromatic carbocycles. The Morgan fingerprint density at radius 1 is 1.24 bits per heavy atom. The minimum absolute atomic E-state index is 0.176. The zero-order valence-electron chi connectivity index (χ0n) is 12.8. The minimum Gasteiger partial charge on any atom is -0.491 e. The number of piperidine rings is 1. The maximum Gasteiger partial charge on any atom is 0.119 e. The highest BCUT2D eigenvalue weighted by Crippen LogP contribution is 2.21. The number of benzene rings is 1. The van der Waals surface area contributed by atoms with Gasteiger partial charge in [0.15, 0.2) is 0 Å². The maximum absolute atomic E-state index is 10.2. The molecule has 0 aromatic heterocycles. The number of para-hydroxylation sites is 1. The molecule has 0 amide bonds. The fraction of sp³-hybridized carbons (Fsp3) is 0.647. The van der Waals surface area contributed by atoms with Crippen LogP contribution in [0.25, 0.3) is 0 Å². The summed E-state index contributed by atoms with van der Waals surface area (Å²) in [5.74, 6) is 0.778. The fourth-order valence-corrected chi connectivity index (χ4v) is 2.98. The van der Waals surface area contributed by atoms with Crippen molar-refractivity contribution in [3.63, 3.8) is 0 Å². The number of likely N-dealkylation sites (tertiary alicyclic amines) is 1. The number of nitrogens with zero attached hydrogens (tertiary/aromatic N) is 1. The van der Waals surface area contributed by atoms with Crippen molar-refractivity contribution in [2.75, 3.05) is 19.7 Å². The monoisotopic (exact) mass is 293 g/mol. The number of hydrogen-bond acceptors (Lipinski definition) is 4. The van der Waals surface area contributed by atoms with E-state index in [1.807, 2.05) is 37.3 Å². The molecule has 3 unspecified atom stereocenters. The molecule has 1 aliphatic rings. The van der Waals surface area contributed by atoms with Gasteiger partial charge in [0.05, 0.1) is 6.10 Å². The molecule has 1 fully saturated rings. The lowest BCUT2D eigenvalue weighted by molar-refractivity contribution is -0.0100. The van der Waals surface area contributed by atoms with Crippen molar-refractivity contribution in [1.29, 1.82) is 0 Å². The number of rotatable bonds is 7. The van der Waals surface area contributed by atoms with Crippen LogP contribution in [0.3, 0.4) is 0 Å². The van der Waals surface area contributed by atoms with Gasteiger partial charge in [-0.3, -0.25) is 4.90 Å². The molecule has 1 aliphatic heterocycles. The van der Waals surface area contributed by atoms with E-state index in [1.165, 1.54) is 0 Å². The van der Waals surface area contributed by atoms with Crippen LogP contribution < -0.4 is 4.74 Å². The van der Waals surface area contributed by atoms with Crippen LogP contribution in [0.4, 0.5) is 0 Å². The molecule has 4 nitrogen and oxygen atoms in total. The first-order chi connectivity index (χ1) is 10.2. The molecule has 2 N–H and O–H groups in total. The average molecular weight is 293 g/mol. The molecule has 1 aromatic rings. The predicted molar refractivity (Wildman–Crippen MR) is 83.5 cm³/mol. The van der Waals surface area contributed by atoms with E-state index in [1.54, 1.807) is 0 Å². The topological polar surface area (TPSA) is 52.9 Å². The summed E-state index contributed by atoms with van der Waals surface area (Å²) in [6.45, 7) is 3.81. The van der Waals surface area contributed by atoms with Crippen molar-refractivity contribution in [2.24, 2.45) is 0 Å². The molecule has 2 rings (SSSR count). The average Bonchev–Trinajstić information content (AvgIpc) is 2.54. The van der Waals surface area contributed by atoms with Gasteiger partial charge in [-0.1, -0.05) is 31.5 Å². The lowest BCUT2D eigenvalue weighted by Gasteiger charge is -2.39. The Balaban J connectivity index is 1.81. The van der Waals surface area contributed by atoms with Gasteiger partial charge < -0.3 is 14.9 Å². The summed E-state index contributed by atoms with van der Waals surface area (Å²) in [6, 6.07) is 9.72. The van der Waals surface area contributed by atoms with Gasteiger partial charge >= 0.3 is 0 Å². The number of ether oxygens (including phenoxy) is 1. The van der Waals surface area contributed by atoms with E-state index in [2.05, 4.69) is 4.90 Å². The van der Waals surface area contributed by atoms with Gasteiger partial charge in [-0.15, -0.1) is 0 Å². The van der Waals surface area contributed by atoms with Crippen molar-refractivity contribution >= 4 is 0 Å². The van der Waals surface area contributed by atoms with Crippen molar-refractivity contribution in [2.45, 2.75) is 50.9 Å². The molecule has 0 saturated carbocycles. The molecule has 21 heavy (non-hydrogen) atoms. The third kappa shape index (κ3) is 4.99. The van der Waals surface area contributed by atoms with E-state index in [0.717, 1.165) is 38.0 Å². The number of aliphatic hydroxyl groups excluding tert-OH is 2. The number of aliphatic hydroxyl groups is 2. The Bertz CT molecular complexity index is 398. The molecule has 3 atom stereocenters. The summed E-state index contributed by atoms with van der Waals surface area (Å²) in [4.78, 5) is 2.22. The first-order valence-corrected chi connectivity index (χ1v) is 7.98. The predicted octanol–water partition coefficient (Wildman–Crippen LogP) is 2.05. The molecule has 0 spiro atoms. The van der Waals surface area contributed by atoms with Crippen molar-refractivity contribution in [1.82, 2.24) is 4.90 Å². The molecule has 0 radical (unpaired) electrons. The Kier molecular flexibility index (Phi) is 6.49. The first kappa shape index (κ1) is 16.3. The standard InChI is InChI=1S/C17H27NO3/c1-2-17(20)16-10-6-7-11-18(16)12-14(19)13-21-15-8-4-3-5-9-15/h3-5,8-9,14,16-17,19-20H,2,6-7,10-13H2,1H3. The van der Waals surface area contributed by atoms with Gasteiger partial charge in [-0.2, -0.15) is 0 Å². The summed E-state index contributed by atoms with van der Waals surface area (Å²) in [5, 5.41) is 20.3. The van der Waals surface area contributed by atoms with Crippen LogP contribution in [0.5, 0.6) is 5.75 Å². The van der Waals surface area contributed by atoms with Gasteiger partial charge in [0.25, 0.3) is 0 Å². The fourth-order valence-electron chi connectivity index (χ4n) is 2.98. The third-order valence-corrected chi connectivity index (χ3v) is 4.16. The van der Waals surface area contributed by atoms with Crippen LogP contribution in [0.2, 0.25) is 0 Å². The Hall–Kier alpha value is -1.10. The highest BCUT2D eigenvalue weighted by molar-refractivity contribution is 5.20. The Labute approximate surface area is 127 Å². The van der Waals surface area contributed by atoms with Crippen LogP contribution in [0.1, 0.15) is 32.6 Å². The first-order valence-electron chi connectivity index (χ1n) is 7.98. The molecular weight excluding hydrogens is 266 g/mol. The summed E-state index contributed by atoms with van der Waals surface area (Å²) in [7, 11) is 0. The van der Waals surface area contributed by atoms with E-state index in [4.69, 9.17) is 4.74 Å². The smallest absolute Gasteiger partial charge is 0.119 e. The molecule has 0 bridgehead atoms. The highest BCUT2D eigenvalue weighted by Gasteiger charge is 2.29. The van der Waals surface area contributed by atoms with Gasteiger partial charge in [-0.25, -0.2) is 0 Å².